The summed E-state index contributed by atoms with van der Waals surface area (Å²) < 4.78 is 11.2. The molecule has 0 bridgehead atoms. The molecule has 1 unspecified atom stereocenters. The van der Waals surface area contributed by atoms with E-state index < -0.39 is 5.60 Å². The highest BCUT2D eigenvalue weighted by Crippen LogP contribution is 2.42. The molecule has 2 fully saturated rings. The fraction of sp³-hybridized carbons (Fsp3) is 0.400. The summed E-state index contributed by atoms with van der Waals surface area (Å²) >= 11 is 14.1. The van der Waals surface area contributed by atoms with Crippen LogP contribution in [0.5, 0.6) is 11.8 Å². The van der Waals surface area contributed by atoms with E-state index in [0.717, 1.165) is 25.0 Å². The number of hydrogen-bond donors (Lipinski definition) is 3. The summed E-state index contributed by atoms with van der Waals surface area (Å²) in [6, 6.07) is 11.5. The predicted molar refractivity (Wildman–Crippen MR) is 183 cm³/mol. The largest absolute Gasteiger partial charge is 0.480 e. The van der Waals surface area contributed by atoms with Gasteiger partial charge >= 0.3 is 0 Å². The molecular formula is C35H38Cl2N6O5. The molecule has 11 nitrogen and oxygen atoms in total. The number of amides is 1. The van der Waals surface area contributed by atoms with E-state index in [1.54, 1.807) is 19.5 Å². The summed E-state index contributed by atoms with van der Waals surface area (Å²) in [6.07, 6.45) is 7.71. The Morgan fingerprint density at radius 1 is 0.938 bits per heavy atom. The van der Waals surface area contributed by atoms with Gasteiger partial charge in [0.1, 0.15) is 17.0 Å². The molecule has 2 aromatic heterocycles. The minimum atomic E-state index is -1.11. The molecule has 2 saturated heterocycles. The van der Waals surface area contributed by atoms with E-state index in [0.29, 0.717) is 100 Å². The molecule has 2 aromatic carbocycles. The number of aliphatic hydroxyl groups is 2. The molecule has 0 radical (unpaired) electrons. The number of nitrogens with zero attached hydrogens (tertiary/aromatic N) is 5. The highest BCUT2D eigenvalue weighted by molar-refractivity contribution is 6.39. The smallest absolute Gasteiger partial charge is 0.237 e. The number of hydrogen-bond acceptors (Lipinski definition) is 10. The summed E-state index contributed by atoms with van der Waals surface area (Å²) in [5, 5.41) is 23.8. The summed E-state index contributed by atoms with van der Waals surface area (Å²) in [6.45, 7) is 1.10. The van der Waals surface area contributed by atoms with E-state index in [4.69, 9.17) is 42.6 Å². The second-order valence-electron chi connectivity index (χ2n) is 12.3. The molecule has 13 heteroatoms. The van der Waals surface area contributed by atoms with Crippen LogP contribution in [0, 0.1) is 0 Å². The third-order valence-corrected chi connectivity index (χ3v) is 9.79. The predicted octanol–water partition coefficient (Wildman–Crippen LogP) is 5.12. The Kier molecular flexibility index (Phi) is 10.4. The van der Waals surface area contributed by atoms with Crippen LogP contribution in [-0.4, -0.2) is 86.5 Å². The SMILES string of the molecule is COc1nc(-c2cccc(-c3cccc(-c4cnc(CN5CCC(O)(CO)C5)c(OC)n4)c3Cl)c2Cl)cnc1CCC[C@@H]1CCC(=O)N1. The van der Waals surface area contributed by atoms with Crippen molar-refractivity contribution in [2.45, 2.75) is 56.7 Å². The average Bonchev–Trinajstić information content (AvgIpc) is 3.70. The Hall–Kier alpha value is -3.87. The topological polar surface area (TPSA) is 143 Å². The van der Waals surface area contributed by atoms with Crippen molar-refractivity contribution in [2.24, 2.45) is 0 Å². The van der Waals surface area contributed by atoms with Crippen molar-refractivity contribution >= 4 is 29.1 Å². The molecule has 0 spiro atoms. The van der Waals surface area contributed by atoms with Crippen LogP contribution in [0.4, 0.5) is 0 Å². The van der Waals surface area contributed by atoms with Crippen molar-refractivity contribution < 1.29 is 24.5 Å². The van der Waals surface area contributed by atoms with E-state index in [1.165, 1.54) is 7.11 Å². The molecule has 1 amide bonds. The number of methoxy groups -OCH3 is 2. The molecule has 2 aliphatic rings. The van der Waals surface area contributed by atoms with Gasteiger partial charge in [-0.25, -0.2) is 9.97 Å². The first-order valence-electron chi connectivity index (χ1n) is 15.9. The maximum atomic E-state index is 11.5. The Morgan fingerprint density at radius 2 is 1.52 bits per heavy atom. The summed E-state index contributed by atoms with van der Waals surface area (Å²) in [5.41, 5.74) is 4.14. The number of carbonyl (C=O) groups excluding carboxylic acids is 1. The normalized spacial score (nSPS) is 19.5. The van der Waals surface area contributed by atoms with Gasteiger partial charge in [-0.3, -0.25) is 19.7 Å². The first kappa shape index (κ1) is 34.0. The fourth-order valence-corrected chi connectivity index (χ4v) is 7.01. The Morgan fingerprint density at radius 3 is 2.06 bits per heavy atom. The second-order valence-corrected chi connectivity index (χ2v) is 13.1. The number of β-amino-alcohol motifs (C(OH)–C–C–N with tert-alkyl or cyclic N) is 1. The highest BCUT2D eigenvalue weighted by Gasteiger charge is 2.36. The van der Waals surface area contributed by atoms with Crippen molar-refractivity contribution in [1.82, 2.24) is 30.2 Å². The molecule has 6 rings (SSSR count). The molecule has 0 saturated carbocycles. The Labute approximate surface area is 289 Å². The average molecular weight is 694 g/mol. The standard InChI is InChI=1S/C35H38Cl2N6O5/c1-47-33-26(11-3-6-21-12-13-30(45)40-21)38-16-27(41-33)24-9-4-7-22(31(24)36)23-8-5-10-25(32(23)37)28-17-39-29(34(42-28)48-2)18-43-15-14-35(46,19-43)20-44/h4-5,7-10,16-17,21,44,46H,3,6,11-15,18-20H2,1-2H3,(H,40,45)/t21-,35?/m1/s1. The van der Waals surface area contributed by atoms with Gasteiger partial charge in [-0.1, -0.05) is 59.6 Å². The number of benzene rings is 2. The number of rotatable bonds is 12. The lowest BCUT2D eigenvalue weighted by Crippen LogP contribution is -2.36. The molecule has 4 heterocycles. The zero-order valence-electron chi connectivity index (χ0n) is 26.9. The monoisotopic (exact) mass is 692 g/mol. The van der Waals surface area contributed by atoms with Gasteiger partial charge in [0.2, 0.25) is 17.7 Å². The van der Waals surface area contributed by atoms with Crippen LogP contribution < -0.4 is 14.8 Å². The third-order valence-electron chi connectivity index (χ3n) is 8.98. The number of halogens is 2. The van der Waals surface area contributed by atoms with Gasteiger partial charge in [0.05, 0.1) is 54.7 Å². The lowest BCUT2D eigenvalue weighted by Gasteiger charge is -2.21. The Balaban J connectivity index is 1.23. The quantitative estimate of drug-likeness (QED) is 0.183. The van der Waals surface area contributed by atoms with Crippen molar-refractivity contribution in [3.8, 4) is 45.4 Å². The van der Waals surface area contributed by atoms with Crippen LogP contribution >= 0.6 is 23.2 Å². The summed E-state index contributed by atoms with van der Waals surface area (Å²) in [5.74, 6) is 0.912. The van der Waals surface area contributed by atoms with Crippen molar-refractivity contribution in [2.75, 3.05) is 33.9 Å². The minimum absolute atomic E-state index is 0.117. The zero-order chi connectivity index (χ0) is 33.8. The van der Waals surface area contributed by atoms with Gasteiger partial charge < -0.3 is 25.0 Å². The summed E-state index contributed by atoms with van der Waals surface area (Å²) in [4.78, 5) is 32.3. The Bertz CT molecular complexity index is 1810. The number of ether oxygens (including phenoxy) is 2. The number of likely N-dealkylation sites (tertiary alicyclic amines) is 1. The highest BCUT2D eigenvalue weighted by atomic mass is 35.5. The minimum Gasteiger partial charge on any atom is -0.480 e. The van der Waals surface area contributed by atoms with Crippen molar-refractivity contribution in [3.63, 3.8) is 0 Å². The molecule has 252 valence electrons. The van der Waals surface area contributed by atoms with Gasteiger partial charge in [0.25, 0.3) is 0 Å². The van der Waals surface area contributed by atoms with Gasteiger partial charge in [0, 0.05) is 54.4 Å². The van der Waals surface area contributed by atoms with E-state index >= 15 is 0 Å². The van der Waals surface area contributed by atoms with Crippen LogP contribution in [-0.2, 0) is 17.8 Å². The number of nitrogens with one attached hydrogen (secondary N) is 1. The van der Waals surface area contributed by atoms with Crippen LogP contribution in [0.15, 0.2) is 48.8 Å². The van der Waals surface area contributed by atoms with E-state index in [1.807, 2.05) is 41.3 Å². The third kappa shape index (κ3) is 7.25. The van der Waals surface area contributed by atoms with Crippen molar-refractivity contribution in [3.05, 3.63) is 70.2 Å². The number of aliphatic hydroxyl groups excluding tert-OH is 1. The van der Waals surface area contributed by atoms with Gasteiger partial charge in [0.15, 0.2) is 0 Å². The maximum absolute atomic E-state index is 11.5. The van der Waals surface area contributed by atoms with E-state index in [-0.39, 0.29) is 18.6 Å². The fourth-order valence-electron chi connectivity index (χ4n) is 6.36. The molecule has 4 aromatic rings. The van der Waals surface area contributed by atoms with Gasteiger partial charge in [-0.15, -0.1) is 0 Å². The van der Waals surface area contributed by atoms with Crippen LogP contribution in [0.3, 0.4) is 0 Å². The maximum Gasteiger partial charge on any atom is 0.237 e. The number of carbonyl (C=O) groups is 1. The van der Waals surface area contributed by atoms with E-state index in [2.05, 4.69) is 15.3 Å². The zero-order valence-corrected chi connectivity index (χ0v) is 28.4. The van der Waals surface area contributed by atoms with Crippen LogP contribution in [0.1, 0.15) is 43.5 Å². The van der Waals surface area contributed by atoms with Gasteiger partial charge in [-0.2, -0.15) is 0 Å². The van der Waals surface area contributed by atoms with Crippen LogP contribution in [0.2, 0.25) is 10.0 Å². The molecule has 2 aliphatic heterocycles. The first-order chi connectivity index (χ1) is 23.2. The van der Waals surface area contributed by atoms with Gasteiger partial charge in [-0.05, 0) is 32.1 Å². The first-order valence-corrected chi connectivity index (χ1v) is 16.7. The molecule has 3 N–H and O–H groups in total. The molecule has 48 heavy (non-hydrogen) atoms. The second kappa shape index (κ2) is 14.7. The van der Waals surface area contributed by atoms with E-state index in [9.17, 15) is 15.0 Å². The molecular weight excluding hydrogens is 655 g/mol. The number of aryl methyl sites for hydroxylation is 1. The lowest BCUT2D eigenvalue weighted by atomic mass is 9.98. The molecule has 2 atom stereocenters. The van der Waals surface area contributed by atoms with Crippen molar-refractivity contribution in [1.29, 1.82) is 0 Å². The number of aromatic nitrogens is 4. The van der Waals surface area contributed by atoms with Crippen LogP contribution in [0.25, 0.3) is 33.6 Å². The summed E-state index contributed by atoms with van der Waals surface area (Å²) in [7, 11) is 3.11. The lowest BCUT2D eigenvalue weighted by molar-refractivity contribution is -0.119. The molecule has 0 aliphatic carbocycles.